The maximum Gasteiger partial charge on any atom is 0.258 e. The van der Waals surface area contributed by atoms with Gasteiger partial charge in [0, 0.05) is 38.8 Å². The van der Waals surface area contributed by atoms with E-state index in [0.717, 1.165) is 19.5 Å². The molecule has 1 unspecified atom stereocenters. The first-order chi connectivity index (χ1) is 12.5. The highest BCUT2D eigenvalue weighted by Gasteiger charge is 2.32. The average molecular weight is 356 g/mol. The number of carbonyl (C=O) groups is 1. The second-order valence-corrected chi connectivity index (χ2v) is 7.88. The van der Waals surface area contributed by atoms with E-state index < -0.39 is 0 Å². The van der Waals surface area contributed by atoms with Crippen LogP contribution in [0.5, 0.6) is 0 Å². The quantitative estimate of drug-likeness (QED) is 0.830. The zero-order chi connectivity index (χ0) is 18.3. The van der Waals surface area contributed by atoms with Crippen LogP contribution in [-0.2, 0) is 0 Å². The molecule has 2 aliphatic heterocycles. The molecule has 0 radical (unpaired) electrons. The fourth-order valence-corrected chi connectivity index (χ4v) is 4.33. The Balaban J connectivity index is 1.55. The van der Waals surface area contributed by atoms with Crippen molar-refractivity contribution >= 4 is 11.6 Å². The Labute approximate surface area is 154 Å². The van der Waals surface area contributed by atoms with Gasteiger partial charge >= 0.3 is 0 Å². The van der Waals surface area contributed by atoms with Crippen molar-refractivity contribution in [3.05, 3.63) is 29.7 Å². The van der Waals surface area contributed by atoms with Crippen molar-refractivity contribution in [3.63, 3.8) is 0 Å². The third-order valence-corrected chi connectivity index (χ3v) is 5.91. The van der Waals surface area contributed by atoms with Gasteiger partial charge in [-0.15, -0.1) is 0 Å². The third-order valence-electron chi connectivity index (χ3n) is 5.91. The number of piperidine rings is 1. The lowest BCUT2D eigenvalue weighted by atomic mass is 10.0. The van der Waals surface area contributed by atoms with E-state index in [2.05, 4.69) is 33.0 Å². The molecule has 4 heterocycles. The lowest BCUT2D eigenvalue weighted by Crippen LogP contribution is -2.42. The maximum atomic E-state index is 12.4. The van der Waals surface area contributed by atoms with Crippen molar-refractivity contribution in [2.24, 2.45) is 0 Å². The van der Waals surface area contributed by atoms with E-state index in [4.69, 9.17) is 0 Å². The monoisotopic (exact) mass is 356 g/mol. The first-order valence-electron chi connectivity index (χ1n) is 9.51. The Bertz CT molecular complexity index is 792. The molecule has 4 rings (SSSR count). The van der Waals surface area contributed by atoms with Crippen molar-refractivity contribution in [3.8, 4) is 0 Å². The first-order valence-corrected chi connectivity index (χ1v) is 9.51. The van der Waals surface area contributed by atoms with Gasteiger partial charge in [-0.3, -0.25) is 9.69 Å². The minimum Gasteiger partial charge on any atom is -0.345 e. The fourth-order valence-electron chi connectivity index (χ4n) is 4.33. The molecule has 0 saturated carbocycles. The summed E-state index contributed by atoms with van der Waals surface area (Å²) in [5, 5.41) is 4.50. The topological polar surface area (TPSA) is 57.0 Å². The van der Waals surface area contributed by atoms with Gasteiger partial charge in [-0.2, -0.15) is 5.10 Å². The molecule has 1 atom stereocenters. The summed E-state index contributed by atoms with van der Waals surface area (Å²) in [6, 6.07) is 2.77. The summed E-state index contributed by atoms with van der Waals surface area (Å²) in [6.07, 6.45) is 7.13. The van der Waals surface area contributed by atoms with Crippen molar-refractivity contribution < 1.29 is 4.79 Å². The third kappa shape index (κ3) is 3.10. The average Bonchev–Trinajstić information content (AvgIpc) is 3.28. The fraction of sp³-hybridized carbons (Fsp3) is 0.632. The maximum absolute atomic E-state index is 12.4. The molecule has 0 bridgehead atoms. The summed E-state index contributed by atoms with van der Waals surface area (Å²) in [7, 11) is 5.72. The molecule has 2 aromatic heterocycles. The molecule has 7 nitrogen and oxygen atoms in total. The van der Waals surface area contributed by atoms with Crippen LogP contribution in [0.3, 0.4) is 0 Å². The Hall–Kier alpha value is -1.99. The van der Waals surface area contributed by atoms with Crippen LogP contribution in [0.4, 0.5) is 0 Å². The number of hydrogen-bond acceptors (Lipinski definition) is 5. The summed E-state index contributed by atoms with van der Waals surface area (Å²) in [4.78, 5) is 23.4. The van der Waals surface area contributed by atoms with E-state index in [0.29, 0.717) is 23.2 Å². The number of fused-ring (bicyclic) bond motifs is 1. The second-order valence-electron chi connectivity index (χ2n) is 7.88. The van der Waals surface area contributed by atoms with Crippen LogP contribution >= 0.6 is 0 Å². The molecule has 0 aromatic carbocycles. The van der Waals surface area contributed by atoms with Crippen molar-refractivity contribution in [1.82, 2.24) is 29.3 Å². The van der Waals surface area contributed by atoms with Crippen LogP contribution in [0, 0.1) is 0 Å². The number of amides is 1. The first kappa shape index (κ1) is 17.4. The highest BCUT2D eigenvalue weighted by Crippen LogP contribution is 2.31. The minimum absolute atomic E-state index is 0.0518. The highest BCUT2D eigenvalue weighted by molar-refractivity contribution is 5.99. The zero-order valence-corrected chi connectivity index (χ0v) is 15.9. The molecule has 2 aromatic rings. The molecule has 2 fully saturated rings. The number of aromatic nitrogens is 3. The van der Waals surface area contributed by atoms with E-state index in [9.17, 15) is 4.79 Å². The number of rotatable bonds is 3. The standard InChI is InChI=1S/C19H28N6O/c1-22(2)19(26)16-12-21-25-17(4-8-20-18(16)25)14-5-11-24(13-14)15-6-9-23(3)10-7-15/h4,8,12,14-15H,5-7,9-11,13H2,1-3H3. The Morgan fingerprint density at radius 3 is 2.69 bits per heavy atom. The summed E-state index contributed by atoms with van der Waals surface area (Å²) in [6.45, 7) is 4.61. The van der Waals surface area contributed by atoms with E-state index in [1.165, 1.54) is 31.6 Å². The molecule has 140 valence electrons. The van der Waals surface area contributed by atoms with Crippen LogP contribution in [-0.4, -0.2) is 88.6 Å². The minimum atomic E-state index is -0.0518. The largest absolute Gasteiger partial charge is 0.345 e. The van der Waals surface area contributed by atoms with Gasteiger partial charge in [-0.1, -0.05) is 0 Å². The molecule has 0 N–H and O–H groups in total. The van der Waals surface area contributed by atoms with Gasteiger partial charge < -0.3 is 9.80 Å². The Kier molecular flexibility index (Phi) is 4.67. The number of carbonyl (C=O) groups excluding carboxylic acids is 1. The molecule has 2 saturated heterocycles. The molecule has 2 aliphatic rings. The molecule has 1 amide bonds. The van der Waals surface area contributed by atoms with Crippen LogP contribution in [0.1, 0.15) is 41.2 Å². The SMILES string of the molecule is CN1CCC(N2CCC(c3ccnc4c(C(=O)N(C)C)cnn34)C2)CC1. The van der Waals surface area contributed by atoms with Crippen molar-refractivity contribution in [2.75, 3.05) is 47.3 Å². The molecule has 26 heavy (non-hydrogen) atoms. The normalized spacial score (nSPS) is 23.0. The van der Waals surface area contributed by atoms with E-state index in [1.54, 1.807) is 25.2 Å². The van der Waals surface area contributed by atoms with Gasteiger partial charge in [-0.05, 0) is 52.0 Å². The number of nitrogens with zero attached hydrogens (tertiary/aromatic N) is 6. The van der Waals surface area contributed by atoms with Crippen LogP contribution in [0.2, 0.25) is 0 Å². The van der Waals surface area contributed by atoms with Gasteiger partial charge in [0.1, 0.15) is 5.56 Å². The zero-order valence-electron chi connectivity index (χ0n) is 15.9. The van der Waals surface area contributed by atoms with Crippen LogP contribution in [0.15, 0.2) is 18.5 Å². The molecular weight excluding hydrogens is 328 g/mol. The van der Waals surface area contributed by atoms with E-state index in [1.807, 2.05) is 10.7 Å². The van der Waals surface area contributed by atoms with Gasteiger partial charge in [0.2, 0.25) is 0 Å². The summed E-state index contributed by atoms with van der Waals surface area (Å²) < 4.78 is 1.87. The Morgan fingerprint density at radius 2 is 1.96 bits per heavy atom. The Morgan fingerprint density at radius 1 is 1.19 bits per heavy atom. The van der Waals surface area contributed by atoms with Crippen molar-refractivity contribution in [1.29, 1.82) is 0 Å². The number of hydrogen-bond donors (Lipinski definition) is 0. The smallest absolute Gasteiger partial charge is 0.258 e. The summed E-state index contributed by atoms with van der Waals surface area (Å²) >= 11 is 0. The van der Waals surface area contributed by atoms with E-state index in [-0.39, 0.29) is 5.91 Å². The van der Waals surface area contributed by atoms with Crippen molar-refractivity contribution in [2.45, 2.75) is 31.2 Å². The van der Waals surface area contributed by atoms with Crippen LogP contribution < -0.4 is 0 Å². The lowest BCUT2D eigenvalue weighted by molar-refractivity contribution is 0.0829. The van der Waals surface area contributed by atoms with Gasteiger partial charge in [0.25, 0.3) is 5.91 Å². The summed E-state index contributed by atoms with van der Waals surface area (Å²) in [5.41, 5.74) is 2.41. The predicted octanol–water partition coefficient (Wildman–Crippen LogP) is 1.31. The van der Waals surface area contributed by atoms with Gasteiger partial charge in [0.05, 0.1) is 11.9 Å². The number of likely N-dealkylation sites (tertiary alicyclic amines) is 2. The second kappa shape index (κ2) is 6.96. The van der Waals surface area contributed by atoms with Gasteiger partial charge in [0.15, 0.2) is 5.65 Å². The lowest BCUT2D eigenvalue weighted by Gasteiger charge is -2.35. The molecular formula is C19H28N6O. The molecule has 0 aliphatic carbocycles. The van der Waals surface area contributed by atoms with E-state index >= 15 is 0 Å². The molecule has 7 heteroatoms. The predicted molar refractivity (Wildman–Crippen MR) is 100 cm³/mol. The highest BCUT2D eigenvalue weighted by atomic mass is 16.2. The molecule has 0 spiro atoms. The van der Waals surface area contributed by atoms with Gasteiger partial charge in [-0.25, -0.2) is 9.50 Å². The van der Waals surface area contributed by atoms with Crippen LogP contribution in [0.25, 0.3) is 5.65 Å². The summed E-state index contributed by atoms with van der Waals surface area (Å²) in [5.74, 6) is 0.395.